The lowest BCUT2D eigenvalue weighted by Crippen LogP contribution is -2.44. The second-order valence-corrected chi connectivity index (χ2v) is 8.94. The number of nitrogens with zero attached hydrogens (tertiary/aromatic N) is 3. The van der Waals surface area contributed by atoms with Gasteiger partial charge in [0.05, 0.1) is 26.9 Å². The van der Waals surface area contributed by atoms with Crippen LogP contribution in [-0.4, -0.2) is 36.4 Å². The minimum Gasteiger partial charge on any atom is -0.370 e. The third-order valence-corrected chi connectivity index (χ3v) is 7.39. The zero-order valence-electron chi connectivity index (χ0n) is 18.0. The largest absolute Gasteiger partial charge is 0.370 e. The van der Waals surface area contributed by atoms with Crippen molar-refractivity contribution in [1.29, 1.82) is 0 Å². The van der Waals surface area contributed by atoms with E-state index in [-0.39, 0.29) is 11.3 Å². The summed E-state index contributed by atoms with van der Waals surface area (Å²) in [6.45, 7) is 6.39. The number of aromatic nitrogens is 1. The quantitative estimate of drug-likeness (QED) is 0.658. The van der Waals surface area contributed by atoms with Gasteiger partial charge in [-0.2, -0.15) is 0 Å². The maximum Gasteiger partial charge on any atom is 0.258 e. The second kappa shape index (κ2) is 8.67. The molecule has 0 atom stereocenters. The Morgan fingerprint density at radius 2 is 1.74 bits per heavy atom. The van der Waals surface area contributed by atoms with Gasteiger partial charge in [0.25, 0.3) is 5.91 Å². The Hall–Kier alpha value is -2.93. The lowest BCUT2D eigenvalue weighted by atomic mass is 9.77. The number of piperidine rings is 1. The summed E-state index contributed by atoms with van der Waals surface area (Å²) in [5, 5.41) is 1.01. The topological polar surface area (TPSA) is 79.5 Å². The number of thiophene rings is 1. The van der Waals surface area contributed by atoms with E-state index in [4.69, 9.17) is 5.73 Å². The molecule has 1 spiro atoms. The van der Waals surface area contributed by atoms with Crippen LogP contribution in [0.25, 0.3) is 10.1 Å². The van der Waals surface area contributed by atoms with Gasteiger partial charge in [0.1, 0.15) is 0 Å². The van der Waals surface area contributed by atoms with E-state index in [2.05, 4.69) is 9.88 Å². The van der Waals surface area contributed by atoms with Gasteiger partial charge in [-0.05, 0) is 37.5 Å². The summed E-state index contributed by atoms with van der Waals surface area (Å²) >= 11 is 1.38. The number of benzene rings is 1. The van der Waals surface area contributed by atoms with Gasteiger partial charge in [0.2, 0.25) is 5.91 Å². The smallest absolute Gasteiger partial charge is 0.258 e. The summed E-state index contributed by atoms with van der Waals surface area (Å²) in [5.41, 5.74) is 7.20. The van der Waals surface area contributed by atoms with Crippen molar-refractivity contribution in [3.05, 3.63) is 53.7 Å². The van der Waals surface area contributed by atoms with Gasteiger partial charge in [-0.25, -0.2) is 0 Å². The summed E-state index contributed by atoms with van der Waals surface area (Å²) in [6.07, 6.45) is 6.20. The highest BCUT2D eigenvalue weighted by atomic mass is 32.1. The van der Waals surface area contributed by atoms with Gasteiger partial charge >= 0.3 is 0 Å². The molecule has 31 heavy (non-hydrogen) atoms. The number of hydrogen-bond acceptors (Lipinski definition) is 5. The number of amides is 2. The molecular weight excluding hydrogens is 408 g/mol. The van der Waals surface area contributed by atoms with E-state index in [1.54, 1.807) is 6.20 Å². The van der Waals surface area contributed by atoms with E-state index in [1.807, 2.05) is 61.3 Å². The Morgan fingerprint density at radius 1 is 1.06 bits per heavy atom. The molecule has 2 N–H and O–H groups in total. The number of rotatable bonds is 3. The van der Waals surface area contributed by atoms with Crippen LogP contribution in [0.4, 0.5) is 11.4 Å². The molecule has 0 unspecified atom stereocenters. The number of anilines is 2. The molecule has 1 aromatic carbocycles. The molecule has 5 rings (SSSR count). The van der Waals surface area contributed by atoms with Crippen LogP contribution in [0.3, 0.4) is 0 Å². The van der Waals surface area contributed by atoms with Crippen molar-refractivity contribution >= 4 is 44.6 Å². The molecule has 4 heterocycles. The molecule has 0 bridgehead atoms. The fraction of sp³-hybridized carbons (Fsp3) is 0.375. The first-order chi connectivity index (χ1) is 15.1. The predicted octanol–water partition coefficient (Wildman–Crippen LogP) is 4.44. The molecule has 2 fully saturated rings. The molecule has 2 aliphatic rings. The third-order valence-electron chi connectivity index (χ3n) is 6.31. The van der Waals surface area contributed by atoms with Crippen molar-refractivity contribution < 1.29 is 9.59 Å². The van der Waals surface area contributed by atoms with Crippen LogP contribution in [-0.2, 0) is 4.79 Å². The van der Waals surface area contributed by atoms with E-state index >= 15 is 0 Å². The van der Waals surface area contributed by atoms with Crippen LogP contribution in [0.1, 0.15) is 42.8 Å². The first-order valence-corrected chi connectivity index (χ1v) is 11.7. The molecule has 2 aliphatic heterocycles. The summed E-state index contributed by atoms with van der Waals surface area (Å²) in [6, 6.07) is 11.8. The number of nitrogens with two attached hydrogens (primary N) is 1. The molecule has 0 saturated carbocycles. The Kier molecular flexibility index (Phi) is 5.96. The summed E-state index contributed by atoms with van der Waals surface area (Å²) in [4.78, 5) is 34.0. The van der Waals surface area contributed by atoms with Crippen LogP contribution >= 0.6 is 11.3 Å². The number of hydrogen-bond donors (Lipinski definition) is 1. The molecule has 2 amide bonds. The first kappa shape index (κ1) is 21.3. The van der Waals surface area contributed by atoms with Crippen LogP contribution in [0.5, 0.6) is 0 Å². The Morgan fingerprint density at radius 3 is 2.42 bits per heavy atom. The van der Waals surface area contributed by atoms with E-state index in [1.165, 1.54) is 11.3 Å². The highest BCUT2D eigenvalue weighted by Crippen LogP contribution is 2.44. The normalized spacial score (nSPS) is 17.7. The summed E-state index contributed by atoms with van der Waals surface area (Å²) in [5.74, 6) is -0.154. The number of primary amides is 1. The average Bonchev–Trinajstić information content (AvgIpc) is 3.39. The number of carbonyl (C=O) groups is 2. The van der Waals surface area contributed by atoms with Crippen molar-refractivity contribution in [2.45, 2.75) is 33.1 Å². The predicted molar refractivity (Wildman–Crippen MR) is 127 cm³/mol. The summed E-state index contributed by atoms with van der Waals surface area (Å²) < 4.78 is 0.962. The Balaban J connectivity index is 0.00000112. The summed E-state index contributed by atoms with van der Waals surface area (Å²) in [7, 11) is 0. The van der Waals surface area contributed by atoms with E-state index < -0.39 is 5.91 Å². The Bertz CT molecular complexity index is 1090. The third kappa shape index (κ3) is 3.78. The van der Waals surface area contributed by atoms with Crippen molar-refractivity contribution in [2.24, 2.45) is 11.1 Å². The molecule has 0 aliphatic carbocycles. The minimum atomic E-state index is -0.410. The van der Waals surface area contributed by atoms with Crippen molar-refractivity contribution in [1.82, 2.24) is 4.98 Å². The van der Waals surface area contributed by atoms with Crippen molar-refractivity contribution in [3.63, 3.8) is 0 Å². The molecule has 0 radical (unpaired) electrons. The monoisotopic (exact) mass is 436 g/mol. The van der Waals surface area contributed by atoms with Gasteiger partial charge in [-0.3, -0.25) is 14.6 Å². The second-order valence-electron chi connectivity index (χ2n) is 7.86. The highest BCUT2D eigenvalue weighted by Gasteiger charge is 2.48. The molecule has 6 nitrogen and oxygen atoms in total. The van der Waals surface area contributed by atoms with Gasteiger partial charge in [-0.1, -0.05) is 32.0 Å². The van der Waals surface area contributed by atoms with E-state index in [0.717, 1.165) is 60.4 Å². The van der Waals surface area contributed by atoms with E-state index in [9.17, 15) is 9.59 Å². The maximum absolute atomic E-state index is 13.3. The van der Waals surface area contributed by atoms with Gasteiger partial charge in [0, 0.05) is 36.9 Å². The molecular formula is C24H28N4O2S. The van der Waals surface area contributed by atoms with Gasteiger partial charge in [-0.15, -0.1) is 11.3 Å². The molecule has 2 saturated heterocycles. The van der Waals surface area contributed by atoms with Crippen LogP contribution in [0.2, 0.25) is 0 Å². The van der Waals surface area contributed by atoms with E-state index in [0.29, 0.717) is 4.88 Å². The number of carbonyl (C=O) groups excluding carboxylic acids is 2. The standard InChI is InChI=1S/C22H22N4O2S.C2H6/c23-20(27)18-12-16-17(13-24-14-19(16)29-18)25-9-6-22(7-10-25)8-11-26(21(22)28)15-4-2-1-3-5-15;1-2/h1-5,12-14H,6-11H2,(H2,23,27);1-2H3. The number of fused-ring (bicyclic) bond motifs is 1. The van der Waals surface area contributed by atoms with Crippen LogP contribution in [0, 0.1) is 5.41 Å². The minimum absolute atomic E-state index is 0.256. The van der Waals surface area contributed by atoms with Crippen LogP contribution in [0.15, 0.2) is 48.8 Å². The maximum atomic E-state index is 13.3. The molecule has 2 aromatic heterocycles. The molecule has 7 heteroatoms. The number of pyridine rings is 1. The highest BCUT2D eigenvalue weighted by molar-refractivity contribution is 7.20. The Labute approximate surface area is 186 Å². The lowest BCUT2D eigenvalue weighted by molar-refractivity contribution is -0.126. The first-order valence-electron chi connectivity index (χ1n) is 10.9. The van der Waals surface area contributed by atoms with Crippen LogP contribution < -0.4 is 15.5 Å². The SMILES string of the molecule is CC.NC(=O)c1cc2c(N3CCC4(CC3)CCN(c3ccccc3)C4=O)cncc2s1. The zero-order chi connectivity index (χ0) is 22.0. The molecule has 162 valence electrons. The zero-order valence-corrected chi connectivity index (χ0v) is 18.8. The van der Waals surface area contributed by atoms with Gasteiger partial charge in [0.15, 0.2) is 0 Å². The van der Waals surface area contributed by atoms with Crippen molar-refractivity contribution in [3.8, 4) is 0 Å². The molecule has 3 aromatic rings. The lowest BCUT2D eigenvalue weighted by Gasteiger charge is -2.39. The fourth-order valence-electron chi connectivity index (χ4n) is 4.63. The van der Waals surface area contributed by atoms with Crippen molar-refractivity contribution in [2.75, 3.05) is 29.4 Å². The average molecular weight is 437 g/mol. The number of para-hydroxylation sites is 1. The fourth-order valence-corrected chi connectivity index (χ4v) is 5.54. The van der Waals surface area contributed by atoms with Gasteiger partial charge < -0.3 is 15.5 Å².